The lowest BCUT2D eigenvalue weighted by atomic mass is 9.82. The maximum absolute atomic E-state index is 12.6. The Bertz CT molecular complexity index is 520. The molecule has 0 saturated heterocycles. The first-order chi connectivity index (χ1) is 13.2. The van der Waals surface area contributed by atoms with Gasteiger partial charge in [-0.25, -0.2) is 0 Å². The average molecular weight is 401 g/mol. The van der Waals surface area contributed by atoms with E-state index >= 15 is 0 Å². The summed E-state index contributed by atoms with van der Waals surface area (Å²) < 4.78 is 43.7. The van der Waals surface area contributed by atoms with Crippen LogP contribution in [-0.4, -0.2) is 12.7 Å². The maximum atomic E-state index is 12.6. The van der Waals surface area contributed by atoms with E-state index in [1.165, 1.54) is 57.1 Å². The molecule has 0 aliphatic carbocycles. The highest BCUT2D eigenvalue weighted by molar-refractivity contribution is 5.24. The second-order valence-electron chi connectivity index (χ2n) is 8.50. The number of hydrogen-bond donors (Lipinski definition) is 0. The fourth-order valence-corrected chi connectivity index (χ4v) is 3.76. The molecule has 1 rings (SSSR count). The predicted octanol–water partition coefficient (Wildman–Crippen LogP) is 8.21. The molecule has 1 aromatic carbocycles. The molecule has 0 N–H and O–H groups in total. The Morgan fingerprint density at radius 1 is 0.821 bits per heavy atom. The number of rotatable bonds is 14. The molecule has 0 heterocycles. The molecule has 1 nitrogen and oxygen atoms in total. The number of alkyl halides is 3. The van der Waals surface area contributed by atoms with Gasteiger partial charge >= 0.3 is 6.18 Å². The molecular formula is C24H39F3O. The summed E-state index contributed by atoms with van der Waals surface area (Å²) in [6.07, 6.45) is 8.75. The molecule has 0 fully saturated rings. The van der Waals surface area contributed by atoms with Crippen LogP contribution >= 0.6 is 0 Å². The highest BCUT2D eigenvalue weighted by Crippen LogP contribution is 2.32. The van der Waals surface area contributed by atoms with Gasteiger partial charge in [0.15, 0.2) is 0 Å². The van der Waals surface area contributed by atoms with Gasteiger partial charge in [0.25, 0.3) is 0 Å². The van der Waals surface area contributed by atoms with Gasteiger partial charge in [0.2, 0.25) is 0 Å². The number of unbranched alkanes of at least 4 members (excludes halogenated alkanes) is 6. The Morgan fingerprint density at radius 2 is 1.36 bits per heavy atom. The third-order valence-electron chi connectivity index (χ3n) is 5.96. The molecule has 1 atom stereocenters. The maximum Gasteiger partial charge on any atom is 0.416 e. The van der Waals surface area contributed by atoms with Crippen molar-refractivity contribution in [3.63, 3.8) is 0 Å². The first-order valence-corrected chi connectivity index (χ1v) is 10.9. The van der Waals surface area contributed by atoms with Crippen LogP contribution in [0.15, 0.2) is 24.3 Å². The molecule has 162 valence electrons. The molecule has 0 spiro atoms. The van der Waals surface area contributed by atoms with E-state index in [0.717, 1.165) is 31.2 Å². The zero-order chi connectivity index (χ0) is 21.0. The van der Waals surface area contributed by atoms with Gasteiger partial charge in [-0.3, -0.25) is 0 Å². The summed E-state index contributed by atoms with van der Waals surface area (Å²) in [7, 11) is 1.79. The number of aryl methyl sites for hydroxylation is 1. The van der Waals surface area contributed by atoms with E-state index in [0.29, 0.717) is 5.92 Å². The van der Waals surface area contributed by atoms with Gasteiger partial charge in [0.05, 0.1) is 11.2 Å². The number of hydrogen-bond acceptors (Lipinski definition) is 1. The van der Waals surface area contributed by atoms with E-state index in [-0.39, 0.29) is 5.60 Å². The van der Waals surface area contributed by atoms with Crippen molar-refractivity contribution in [1.29, 1.82) is 0 Å². The van der Waals surface area contributed by atoms with Crippen molar-refractivity contribution in [2.75, 3.05) is 7.11 Å². The zero-order valence-electron chi connectivity index (χ0n) is 18.2. The summed E-state index contributed by atoms with van der Waals surface area (Å²) in [6, 6.07) is 5.58. The van der Waals surface area contributed by atoms with Crippen LogP contribution in [0.5, 0.6) is 0 Å². The largest absolute Gasteiger partial charge is 0.416 e. The lowest BCUT2D eigenvalue weighted by Gasteiger charge is -2.33. The summed E-state index contributed by atoms with van der Waals surface area (Å²) in [4.78, 5) is 0. The van der Waals surface area contributed by atoms with Crippen molar-refractivity contribution in [1.82, 2.24) is 0 Å². The van der Waals surface area contributed by atoms with Crippen molar-refractivity contribution in [2.45, 2.75) is 103 Å². The average Bonchev–Trinajstić information content (AvgIpc) is 2.65. The molecule has 0 radical (unpaired) electrons. The van der Waals surface area contributed by atoms with Crippen LogP contribution in [0.3, 0.4) is 0 Å². The van der Waals surface area contributed by atoms with Crippen molar-refractivity contribution in [3.05, 3.63) is 35.4 Å². The van der Waals surface area contributed by atoms with Crippen LogP contribution < -0.4 is 0 Å². The van der Waals surface area contributed by atoms with Crippen LogP contribution in [-0.2, 0) is 17.3 Å². The molecule has 28 heavy (non-hydrogen) atoms. The molecule has 1 unspecified atom stereocenters. The Balaban J connectivity index is 2.39. The Labute approximate surface area is 170 Å². The summed E-state index contributed by atoms with van der Waals surface area (Å²) in [5, 5.41) is 0. The quantitative estimate of drug-likeness (QED) is 0.286. The Morgan fingerprint density at radius 3 is 1.89 bits per heavy atom. The van der Waals surface area contributed by atoms with Crippen molar-refractivity contribution in [3.8, 4) is 0 Å². The van der Waals surface area contributed by atoms with Crippen molar-refractivity contribution in [2.24, 2.45) is 5.92 Å². The SMILES string of the molecule is CCCCCCCCC(CCCCc1ccc(C(F)(F)F)cc1)C(C)(C)OC. The fraction of sp³-hybridized carbons (Fsp3) is 0.750. The summed E-state index contributed by atoms with van der Waals surface area (Å²) in [5.41, 5.74) is 0.279. The van der Waals surface area contributed by atoms with Gasteiger partial charge in [0.1, 0.15) is 0 Å². The third kappa shape index (κ3) is 9.45. The molecule has 0 bridgehead atoms. The van der Waals surface area contributed by atoms with E-state index < -0.39 is 11.7 Å². The standard InChI is InChI=1S/C24H39F3O/c1-5-6-7-8-9-10-14-21(23(2,3)28-4)15-12-11-13-20-16-18-22(19-17-20)24(25,26)27/h16-19,21H,5-15H2,1-4H3. The first-order valence-electron chi connectivity index (χ1n) is 10.9. The Hall–Kier alpha value is -1.03. The second kappa shape index (κ2) is 12.5. The van der Waals surface area contributed by atoms with Gasteiger partial charge in [-0.15, -0.1) is 0 Å². The lowest BCUT2D eigenvalue weighted by Crippen LogP contribution is -2.33. The lowest BCUT2D eigenvalue weighted by molar-refractivity contribution is -0.137. The minimum Gasteiger partial charge on any atom is -0.379 e. The number of halogens is 3. The van der Waals surface area contributed by atoms with Crippen molar-refractivity contribution >= 4 is 0 Å². The molecule has 0 saturated carbocycles. The molecule has 1 aromatic rings. The number of methoxy groups -OCH3 is 1. The highest BCUT2D eigenvalue weighted by Gasteiger charge is 2.30. The predicted molar refractivity (Wildman–Crippen MR) is 112 cm³/mol. The zero-order valence-corrected chi connectivity index (χ0v) is 18.2. The Kier molecular flexibility index (Phi) is 11.2. The van der Waals surface area contributed by atoms with Gasteiger partial charge in [-0.1, -0.05) is 64.0 Å². The highest BCUT2D eigenvalue weighted by atomic mass is 19.4. The monoisotopic (exact) mass is 400 g/mol. The fourth-order valence-electron chi connectivity index (χ4n) is 3.76. The van der Waals surface area contributed by atoms with Gasteiger partial charge in [-0.2, -0.15) is 13.2 Å². The minimum atomic E-state index is -4.26. The summed E-state index contributed by atoms with van der Waals surface area (Å²) >= 11 is 0. The van der Waals surface area contributed by atoms with E-state index in [2.05, 4.69) is 20.8 Å². The van der Waals surface area contributed by atoms with E-state index in [1.807, 2.05) is 0 Å². The second-order valence-corrected chi connectivity index (χ2v) is 8.50. The summed E-state index contributed by atoms with van der Waals surface area (Å²) in [6.45, 7) is 6.58. The minimum absolute atomic E-state index is 0.127. The topological polar surface area (TPSA) is 9.23 Å². The van der Waals surface area contributed by atoms with Crippen LogP contribution in [0, 0.1) is 5.92 Å². The first kappa shape index (κ1) is 25.0. The molecule has 0 aliphatic heterocycles. The smallest absolute Gasteiger partial charge is 0.379 e. The normalized spacial score (nSPS) is 13.7. The van der Waals surface area contributed by atoms with E-state index in [1.54, 1.807) is 19.2 Å². The summed E-state index contributed by atoms with van der Waals surface area (Å²) in [5.74, 6) is 0.524. The van der Waals surface area contributed by atoms with Crippen LogP contribution in [0.4, 0.5) is 13.2 Å². The number of benzene rings is 1. The van der Waals surface area contributed by atoms with Gasteiger partial charge < -0.3 is 4.74 Å². The van der Waals surface area contributed by atoms with E-state index in [9.17, 15) is 13.2 Å². The molecule has 0 amide bonds. The van der Waals surface area contributed by atoms with Gasteiger partial charge in [0, 0.05) is 7.11 Å². The molecule has 0 aromatic heterocycles. The third-order valence-corrected chi connectivity index (χ3v) is 5.96. The molecular weight excluding hydrogens is 361 g/mol. The van der Waals surface area contributed by atoms with Crippen LogP contribution in [0.25, 0.3) is 0 Å². The van der Waals surface area contributed by atoms with Crippen LogP contribution in [0.2, 0.25) is 0 Å². The number of ether oxygens (including phenoxy) is 1. The van der Waals surface area contributed by atoms with Crippen molar-refractivity contribution < 1.29 is 17.9 Å². The molecule has 0 aliphatic rings. The van der Waals surface area contributed by atoms with Crippen LogP contribution in [0.1, 0.15) is 96.1 Å². The molecule has 4 heteroatoms. The van der Waals surface area contributed by atoms with E-state index in [4.69, 9.17) is 4.74 Å². The van der Waals surface area contributed by atoms with Gasteiger partial charge in [-0.05, 0) is 63.1 Å².